The van der Waals surface area contributed by atoms with E-state index in [1.54, 1.807) is 11.3 Å². The normalized spacial score (nSPS) is 13.5. The highest BCUT2D eigenvalue weighted by Gasteiger charge is 2.13. The zero-order chi connectivity index (χ0) is 9.42. The summed E-state index contributed by atoms with van der Waals surface area (Å²) in [6.07, 6.45) is 1.22. The van der Waals surface area contributed by atoms with Crippen molar-refractivity contribution in [2.45, 2.75) is 13.0 Å². The summed E-state index contributed by atoms with van der Waals surface area (Å²) in [5, 5.41) is 9.81. The number of hydrogen-bond acceptors (Lipinski definition) is 2. The minimum Gasteiger partial charge on any atom is -0.387 e. The van der Waals surface area contributed by atoms with Crippen molar-refractivity contribution >= 4 is 17.2 Å². The first-order valence-electron chi connectivity index (χ1n) is 4.00. The molecule has 0 amide bonds. The second-order valence-corrected chi connectivity index (χ2v) is 3.25. The third-order valence-electron chi connectivity index (χ3n) is 1.92. The van der Waals surface area contributed by atoms with Gasteiger partial charge in [0.2, 0.25) is 0 Å². The smallest absolute Gasteiger partial charge is 0.153 e. The highest BCUT2D eigenvalue weighted by Crippen LogP contribution is 2.23. The number of halogens is 1. The zero-order valence-electron chi connectivity index (χ0n) is 7.11. The maximum Gasteiger partial charge on any atom is 0.153 e. The molecule has 0 spiro atoms. The summed E-state index contributed by atoms with van der Waals surface area (Å²) in [6, 6.07) is 5.60. The molecule has 1 unspecified atom stereocenters. The van der Waals surface area contributed by atoms with E-state index in [9.17, 15) is 5.11 Å². The average molecular weight is 197 g/mol. The molecule has 0 aliphatic rings. The monoisotopic (exact) mass is 196 g/mol. The predicted molar refractivity (Wildman–Crippen MR) is 50.8 cm³/mol. The molecule has 0 fully saturated rings. The molecule has 1 N–H and O–H groups in total. The summed E-state index contributed by atoms with van der Waals surface area (Å²) < 4.78 is 1.78. The first-order chi connectivity index (χ1) is 6.20. The lowest BCUT2D eigenvalue weighted by atomic mass is 10.3. The highest BCUT2D eigenvalue weighted by atomic mass is 35.5. The van der Waals surface area contributed by atoms with Crippen LogP contribution in [0.15, 0.2) is 24.4 Å². The van der Waals surface area contributed by atoms with Crippen molar-refractivity contribution in [2.24, 2.45) is 0 Å². The minimum atomic E-state index is -0.607. The van der Waals surface area contributed by atoms with Crippen molar-refractivity contribution in [1.82, 2.24) is 9.38 Å². The van der Waals surface area contributed by atoms with E-state index in [2.05, 4.69) is 4.98 Å². The van der Waals surface area contributed by atoms with Crippen molar-refractivity contribution in [3.63, 3.8) is 0 Å². The van der Waals surface area contributed by atoms with Crippen molar-refractivity contribution in [1.29, 1.82) is 0 Å². The predicted octanol–water partition coefficient (Wildman–Crippen LogP) is 2.04. The number of rotatable bonds is 1. The Bertz CT molecular complexity index is 436. The van der Waals surface area contributed by atoms with Crippen molar-refractivity contribution in [3.8, 4) is 0 Å². The van der Waals surface area contributed by atoms with Gasteiger partial charge in [-0.3, -0.25) is 4.40 Å². The van der Waals surface area contributed by atoms with Gasteiger partial charge in [-0.2, -0.15) is 0 Å². The molecule has 2 aromatic rings. The Hall–Kier alpha value is -1.06. The maximum absolute atomic E-state index is 9.45. The lowest BCUT2D eigenvalue weighted by Crippen LogP contribution is -1.97. The van der Waals surface area contributed by atoms with Gasteiger partial charge < -0.3 is 5.11 Å². The van der Waals surface area contributed by atoms with E-state index in [-0.39, 0.29) is 0 Å². The number of imidazole rings is 1. The molecular formula is C9H9ClN2O. The lowest BCUT2D eigenvalue weighted by Gasteiger charge is -2.03. The van der Waals surface area contributed by atoms with Crippen LogP contribution in [-0.4, -0.2) is 14.5 Å². The zero-order valence-corrected chi connectivity index (χ0v) is 7.86. The number of aromatic nitrogens is 2. The topological polar surface area (TPSA) is 37.5 Å². The van der Waals surface area contributed by atoms with Crippen LogP contribution in [0.5, 0.6) is 0 Å². The van der Waals surface area contributed by atoms with Crippen LogP contribution in [-0.2, 0) is 0 Å². The number of aliphatic hydroxyl groups excluding tert-OH is 1. The quantitative estimate of drug-likeness (QED) is 0.758. The summed E-state index contributed by atoms with van der Waals surface area (Å²) in [7, 11) is 0. The van der Waals surface area contributed by atoms with Crippen molar-refractivity contribution in [3.05, 3.63) is 35.2 Å². The molecule has 0 saturated heterocycles. The van der Waals surface area contributed by atoms with Crippen LogP contribution in [0.4, 0.5) is 0 Å². The van der Waals surface area contributed by atoms with Gasteiger partial charge in [0.1, 0.15) is 5.65 Å². The molecule has 0 aromatic carbocycles. The van der Waals surface area contributed by atoms with E-state index in [1.165, 1.54) is 0 Å². The van der Waals surface area contributed by atoms with Gasteiger partial charge in [0.05, 0.1) is 11.8 Å². The van der Waals surface area contributed by atoms with Gasteiger partial charge in [-0.25, -0.2) is 4.98 Å². The Morgan fingerprint density at radius 3 is 3.00 bits per heavy atom. The molecule has 2 aromatic heterocycles. The Balaban J connectivity index is 2.78. The van der Waals surface area contributed by atoms with E-state index in [1.807, 2.05) is 24.4 Å². The second-order valence-electron chi connectivity index (χ2n) is 2.89. The van der Waals surface area contributed by atoms with Crippen LogP contribution in [0.25, 0.3) is 5.65 Å². The molecule has 4 heteroatoms. The largest absolute Gasteiger partial charge is 0.387 e. The fourth-order valence-electron chi connectivity index (χ4n) is 1.36. The maximum atomic E-state index is 9.45. The highest BCUT2D eigenvalue weighted by molar-refractivity contribution is 6.30. The van der Waals surface area contributed by atoms with E-state index in [4.69, 9.17) is 11.6 Å². The summed E-state index contributed by atoms with van der Waals surface area (Å²) in [4.78, 5) is 4.10. The number of fused-ring (bicyclic) bond motifs is 1. The average Bonchev–Trinajstić information content (AvgIpc) is 2.39. The molecule has 0 aliphatic carbocycles. The van der Waals surface area contributed by atoms with Gasteiger partial charge >= 0.3 is 0 Å². The van der Waals surface area contributed by atoms with Crippen molar-refractivity contribution < 1.29 is 5.11 Å². The number of aliphatic hydroxyl groups is 1. The number of pyridine rings is 1. The van der Waals surface area contributed by atoms with Gasteiger partial charge in [-0.05, 0) is 19.1 Å². The van der Waals surface area contributed by atoms with Gasteiger partial charge in [-0.15, -0.1) is 0 Å². The Morgan fingerprint density at radius 2 is 2.31 bits per heavy atom. The summed E-state index contributed by atoms with van der Waals surface area (Å²) >= 11 is 5.87. The van der Waals surface area contributed by atoms with E-state index in [0.29, 0.717) is 10.8 Å². The van der Waals surface area contributed by atoms with Gasteiger partial charge in [0, 0.05) is 6.20 Å². The van der Waals surface area contributed by atoms with Crippen LogP contribution in [0.1, 0.15) is 18.7 Å². The Morgan fingerprint density at radius 1 is 1.54 bits per heavy atom. The van der Waals surface area contributed by atoms with E-state index in [0.717, 1.165) is 5.65 Å². The number of nitrogens with zero attached hydrogens (tertiary/aromatic N) is 2. The van der Waals surface area contributed by atoms with E-state index >= 15 is 0 Å². The summed E-state index contributed by atoms with van der Waals surface area (Å²) in [6.45, 7) is 1.67. The molecule has 1 atom stereocenters. The molecule has 68 valence electrons. The standard InChI is InChI=1S/C9H9ClN2O/c1-6(13)8-9(10)11-7-4-2-3-5-12(7)8/h2-6,13H,1H3. The minimum absolute atomic E-state index is 0.362. The van der Waals surface area contributed by atoms with Crippen LogP contribution in [0.2, 0.25) is 5.15 Å². The van der Waals surface area contributed by atoms with Gasteiger partial charge in [0.25, 0.3) is 0 Å². The van der Waals surface area contributed by atoms with Crippen LogP contribution < -0.4 is 0 Å². The third kappa shape index (κ3) is 1.30. The van der Waals surface area contributed by atoms with Gasteiger partial charge in [0.15, 0.2) is 5.15 Å². The molecule has 0 radical (unpaired) electrons. The molecule has 13 heavy (non-hydrogen) atoms. The molecular weight excluding hydrogens is 188 g/mol. The molecule has 0 bridgehead atoms. The number of hydrogen-bond donors (Lipinski definition) is 1. The molecule has 3 nitrogen and oxygen atoms in total. The summed E-state index contributed by atoms with van der Waals surface area (Å²) in [5.74, 6) is 0. The molecule has 0 aliphatic heterocycles. The Kier molecular flexibility index (Phi) is 1.98. The fourth-order valence-corrected chi connectivity index (χ4v) is 1.70. The first kappa shape index (κ1) is 8.53. The SMILES string of the molecule is CC(O)c1c(Cl)nc2ccccn12. The first-order valence-corrected chi connectivity index (χ1v) is 4.38. The summed E-state index contributed by atoms with van der Waals surface area (Å²) in [5.41, 5.74) is 1.39. The van der Waals surface area contributed by atoms with E-state index < -0.39 is 6.10 Å². The van der Waals surface area contributed by atoms with Crippen LogP contribution in [0.3, 0.4) is 0 Å². The van der Waals surface area contributed by atoms with Crippen LogP contribution in [0, 0.1) is 0 Å². The second kappa shape index (κ2) is 3.01. The Labute approximate surface area is 80.6 Å². The molecule has 0 saturated carbocycles. The fraction of sp³-hybridized carbons (Fsp3) is 0.222. The molecule has 2 rings (SSSR count). The van der Waals surface area contributed by atoms with Gasteiger partial charge in [-0.1, -0.05) is 17.7 Å². The van der Waals surface area contributed by atoms with Crippen molar-refractivity contribution in [2.75, 3.05) is 0 Å². The van der Waals surface area contributed by atoms with Crippen LogP contribution >= 0.6 is 11.6 Å². The molecule has 2 heterocycles. The lowest BCUT2D eigenvalue weighted by molar-refractivity contribution is 0.193. The third-order valence-corrected chi connectivity index (χ3v) is 2.20.